The molecular weight excluding hydrogens is 394 g/mol. The fourth-order valence-corrected chi connectivity index (χ4v) is 3.70. The minimum atomic E-state index is -0.272. The lowest BCUT2D eigenvalue weighted by molar-refractivity contribution is -0.114. The summed E-state index contributed by atoms with van der Waals surface area (Å²) in [5.74, 6) is -0.452. The molecule has 28 heavy (non-hydrogen) atoms. The maximum Gasteiger partial charge on any atom is 0.257 e. The fraction of sp³-hybridized carbons (Fsp3) is 0.190. The predicted molar refractivity (Wildman–Crippen MR) is 115 cm³/mol. The summed E-state index contributed by atoms with van der Waals surface area (Å²) < 4.78 is 0. The number of aromatic nitrogens is 1. The smallest absolute Gasteiger partial charge is 0.257 e. The van der Waals surface area contributed by atoms with E-state index in [4.69, 9.17) is 11.6 Å². The average molecular weight is 414 g/mol. The molecule has 0 fully saturated rings. The molecular formula is C21H20ClN3O2S. The van der Waals surface area contributed by atoms with Crippen LogP contribution < -0.4 is 10.6 Å². The van der Waals surface area contributed by atoms with Gasteiger partial charge in [0.05, 0.1) is 0 Å². The number of amides is 2. The van der Waals surface area contributed by atoms with E-state index in [0.29, 0.717) is 22.8 Å². The molecule has 0 bridgehead atoms. The second kappa shape index (κ2) is 8.54. The number of nitrogens with one attached hydrogen (secondary N) is 2. The first-order valence-electron chi connectivity index (χ1n) is 8.71. The summed E-state index contributed by atoms with van der Waals surface area (Å²) in [6.45, 7) is 5.27. The lowest BCUT2D eigenvalue weighted by Gasteiger charge is -2.09. The van der Waals surface area contributed by atoms with E-state index in [1.165, 1.54) is 18.3 Å². The maximum atomic E-state index is 12.5. The Kier molecular flexibility index (Phi) is 6.11. The largest absolute Gasteiger partial charge is 0.326 e. The molecule has 7 heteroatoms. The molecule has 0 unspecified atom stereocenters. The van der Waals surface area contributed by atoms with E-state index < -0.39 is 0 Å². The van der Waals surface area contributed by atoms with Gasteiger partial charge in [-0.25, -0.2) is 4.98 Å². The zero-order valence-electron chi connectivity index (χ0n) is 15.8. The molecule has 3 rings (SSSR count). The van der Waals surface area contributed by atoms with Crippen LogP contribution in [0.3, 0.4) is 0 Å². The van der Waals surface area contributed by atoms with Gasteiger partial charge in [-0.15, -0.1) is 11.3 Å². The van der Waals surface area contributed by atoms with Crippen LogP contribution in [-0.4, -0.2) is 16.8 Å². The molecule has 0 aliphatic rings. The molecule has 0 saturated carbocycles. The van der Waals surface area contributed by atoms with Gasteiger partial charge in [-0.1, -0.05) is 29.8 Å². The van der Waals surface area contributed by atoms with Crippen LogP contribution in [0, 0.1) is 13.8 Å². The topological polar surface area (TPSA) is 71.1 Å². The molecule has 0 saturated heterocycles. The zero-order valence-corrected chi connectivity index (χ0v) is 17.4. The van der Waals surface area contributed by atoms with Crippen molar-refractivity contribution >= 4 is 45.6 Å². The van der Waals surface area contributed by atoms with E-state index >= 15 is 0 Å². The van der Waals surface area contributed by atoms with Crippen molar-refractivity contribution in [3.05, 3.63) is 74.7 Å². The SMILES string of the molecule is CC(=O)Nc1cc(C(=O)Nc2ncc(Cc3ccc(C)c(Cl)c3)s2)ccc1C. The molecule has 0 aliphatic carbocycles. The number of halogens is 1. The summed E-state index contributed by atoms with van der Waals surface area (Å²) in [6, 6.07) is 11.2. The van der Waals surface area contributed by atoms with Gasteiger partial charge in [-0.3, -0.25) is 14.9 Å². The van der Waals surface area contributed by atoms with Gasteiger partial charge in [0.2, 0.25) is 5.91 Å². The molecule has 0 aliphatic heterocycles. The lowest BCUT2D eigenvalue weighted by atomic mass is 10.1. The van der Waals surface area contributed by atoms with E-state index in [2.05, 4.69) is 15.6 Å². The highest BCUT2D eigenvalue weighted by atomic mass is 35.5. The van der Waals surface area contributed by atoms with Gasteiger partial charge in [0.25, 0.3) is 5.91 Å². The summed E-state index contributed by atoms with van der Waals surface area (Å²) in [5, 5.41) is 6.81. The van der Waals surface area contributed by atoms with Gasteiger partial charge in [0, 0.05) is 40.7 Å². The standard InChI is InChI=1S/C21H20ClN3O2S/c1-12-4-6-15(9-18(12)22)8-17-11-23-21(28-17)25-20(27)16-7-5-13(2)19(10-16)24-14(3)26/h4-7,9-11H,8H2,1-3H3,(H,24,26)(H,23,25,27). The van der Waals surface area contributed by atoms with Crippen molar-refractivity contribution in [2.75, 3.05) is 10.6 Å². The molecule has 2 aromatic carbocycles. The van der Waals surface area contributed by atoms with E-state index in [0.717, 1.165) is 26.6 Å². The van der Waals surface area contributed by atoms with Crippen LogP contribution >= 0.6 is 22.9 Å². The zero-order chi connectivity index (χ0) is 20.3. The van der Waals surface area contributed by atoms with Gasteiger partial charge < -0.3 is 5.32 Å². The van der Waals surface area contributed by atoms with Crippen molar-refractivity contribution in [3.63, 3.8) is 0 Å². The van der Waals surface area contributed by atoms with Crippen molar-refractivity contribution in [3.8, 4) is 0 Å². The minimum absolute atomic E-state index is 0.179. The highest BCUT2D eigenvalue weighted by Gasteiger charge is 2.12. The number of hydrogen-bond acceptors (Lipinski definition) is 4. The predicted octanol–water partition coefficient (Wildman–Crippen LogP) is 5.21. The Hall–Kier alpha value is -2.70. The number of benzene rings is 2. The van der Waals surface area contributed by atoms with Gasteiger partial charge in [0.1, 0.15) is 0 Å². The number of rotatable bonds is 5. The molecule has 0 atom stereocenters. The van der Waals surface area contributed by atoms with Crippen LogP contribution in [0.1, 0.15) is 38.8 Å². The molecule has 0 spiro atoms. The summed E-state index contributed by atoms with van der Waals surface area (Å²) in [6.07, 6.45) is 2.46. The summed E-state index contributed by atoms with van der Waals surface area (Å²) in [4.78, 5) is 29.2. The monoisotopic (exact) mass is 413 g/mol. The third-order valence-electron chi connectivity index (χ3n) is 4.20. The Morgan fingerprint density at radius 1 is 1.07 bits per heavy atom. The first kappa shape index (κ1) is 20.0. The number of hydrogen-bond donors (Lipinski definition) is 2. The highest BCUT2D eigenvalue weighted by Crippen LogP contribution is 2.25. The number of nitrogens with zero attached hydrogens (tertiary/aromatic N) is 1. The number of anilines is 2. The number of aryl methyl sites for hydroxylation is 2. The lowest BCUT2D eigenvalue weighted by Crippen LogP contribution is -2.13. The average Bonchev–Trinajstić information content (AvgIpc) is 3.06. The van der Waals surface area contributed by atoms with Crippen LogP contribution in [-0.2, 0) is 11.2 Å². The van der Waals surface area contributed by atoms with Gasteiger partial charge in [-0.2, -0.15) is 0 Å². The second-order valence-electron chi connectivity index (χ2n) is 6.56. The van der Waals surface area contributed by atoms with Crippen molar-refractivity contribution in [1.29, 1.82) is 0 Å². The summed E-state index contributed by atoms with van der Waals surface area (Å²) in [7, 11) is 0. The normalized spacial score (nSPS) is 10.6. The van der Waals surface area contributed by atoms with Crippen LogP contribution in [0.5, 0.6) is 0 Å². The molecule has 2 N–H and O–H groups in total. The third kappa shape index (κ3) is 4.97. The van der Waals surface area contributed by atoms with Crippen LogP contribution in [0.2, 0.25) is 5.02 Å². The fourth-order valence-electron chi connectivity index (χ4n) is 2.65. The van der Waals surface area contributed by atoms with Crippen LogP contribution in [0.25, 0.3) is 0 Å². The Morgan fingerprint density at radius 2 is 1.82 bits per heavy atom. The van der Waals surface area contributed by atoms with Crippen LogP contribution in [0.15, 0.2) is 42.6 Å². The van der Waals surface area contributed by atoms with E-state index in [1.54, 1.807) is 24.4 Å². The third-order valence-corrected chi connectivity index (χ3v) is 5.52. The molecule has 2 amide bonds. The number of carbonyl (C=O) groups excluding carboxylic acids is 2. The maximum absolute atomic E-state index is 12.5. The van der Waals surface area contributed by atoms with E-state index in [-0.39, 0.29) is 11.8 Å². The number of thiazole rings is 1. The molecule has 5 nitrogen and oxygen atoms in total. The second-order valence-corrected chi connectivity index (χ2v) is 8.08. The quantitative estimate of drug-likeness (QED) is 0.602. The molecule has 3 aromatic rings. The Morgan fingerprint density at radius 3 is 2.54 bits per heavy atom. The summed E-state index contributed by atoms with van der Waals surface area (Å²) in [5.41, 5.74) is 4.10. The number of carbonyl (C=O) groups is 2. The first-order chi connectivity index (χ1) is 13.3. The minimum Gasteiger partial charge on any atom is -0.326 e. The Labute approximate surface area is 172 Å². The first-order valence-corrected chi connectivity index (χ1v) is 9.90. The molecule has 1 aromatic heterocycles. The van der Waals surface area contributed by atoms with Gasteiger partial charge in [0.15, 0.2) is 5.13 Å². The Balaban J connectivity index is 1.70. The van der Waals surface area contributed by atoms with Crippen molar-refractivity contribution in [1.82, 2.24) is 4.98 Å². The summed E-state index contributed by atoms with van der Waals surface area (Å²) >= 11 is 7.60. The van der Waals surface area contributed by atoms with Gasteiger partial charge >= 0.3 is 0 Å². The van der Waals surface area contributed by atoms with Crippen LogP contribution in [0.4, 0.5) is 10.8 Å². The van der Waals surface area contributed by atoms with Gasteiger partial charge in [-0.05, 0) is 48.7 Å². The van der Waals surface area contributed by atoms with Crippen molar-refractivity contribution in [2.45, 2.75) is 27.2 Å². The van der Waals surface area contributed by atoms with E-state index in [1.807, 2.05) is 32.0 Å². The van der Waals surface area contributed by atoms with Crippen molar-refractivity contribution < 1.29 is 9.59 Å². The molecule has 1 heterocycles. The van der Waals surface area contributed by atoms with E-state index in [9.17, 15) is 9.59 Å². The molecule has 144 valence electrons. The highest BCUT2D eigenvalue weighted by molar-refractivity contribution is 7.15. The Bertz CT molecular complexity index is 1050. The molecule has 0 radical (unpaired) electrons. The van der Waals surface area contributed by atoms with Crippen molar-refractivity contribution in [2.24, 2.45) is 0 Å².